The van der Waals surface area contributed by atoms with Crippen LogP contribution in [0.4, 0.5) is 0 Å². The van der Waals surface area contributed by atoms with Crippen LogP contribution in [0.2, 0.25) is 0 Å². The summed E-state index contributed by atoms with van der Waals surface area (Å²) in [4.78, 5) is 38.5. The molecule has 0 bridgehead atoms. The quantitative estimate of drug-likeness (QED) is 0.0301. The number of carbonyl (C=O) groups excluding carboxylic acids is 3. The summed E-state index contributed by atoms with van der Waals surface area (Å²) in [5, 5.41) is 175. The first-order valence-electron chi connectivity index (χ1n) is 39.5. The average molecular weight is 1510 g/mol. The Labute approximate surface area is 620 Å². The standard InChI is InChI=1S/C74H135N3O28/c1-5-7-9-11-13-15-17-19-20-21-22-23-24-26-28-30-32-34-36-38-54(86)77-47(48(85)37-35-33-31-29-27-25-18-16-14-12-10-8-6-2)44-96-72-63(93)62(92)67(53(43-82)101-72)103-74-65(95)69(59(89)51(41-80)99-74)105-71-56(76-46(4)84)61(91)66(52(42-81)100-71)102-73-64(94)68(58(88)50(40-79)98-73)104-70-55(75-45(3)83)60(90)57(87)49(39-78)97-70/h35,37,47-53,55-74,78-82,85,87-95H,5-34,36,38-44H2,1-4H3,(H,75,83)(H,76,84)(H,77,86)/b37-35+/t47-,48+,49?,50?,51?,52?,53?,55?,56?,57+,58-,59-,60+,61+,62+,63?,64?,65?,66+,67+,68-,69-,70-,71-,72+,73-,74-/m0/s1. The Bertz CT molecular complexity index is 2340. The van der Waals surface area contributed by atoms with Crippen molar-refractivity contribution in [3.8, 4) is 0 Å². The number of allylic oxidation sites excluding steroid dienone is 1. The zero-order chi connectivity index (χ0) is 76.8. The van der Waals surface area contributed by atoms with E-state index in [2.05, 4.69) is 29.8 Å². The van der Waals surface area contributed by atoms with Gasteiger partial charge in [0.15, 0.2) is 31.5 Å². The molecule has 0 aromatic heterocycles. The first kappa shape index (κ1) is 92.8. The van der Waals surface area contributed by atoms with Crippen LogP contribution in [0.15, 0.2) is 12.2 Å². The van der Waals surface area contributed by atoms with E-state index >= 15 is 0 Å². The van der Waals surface area contributed by atoms with Crippen LogP contribution < -0.4 is 16.0 Å². The van der Waals surface area contributed by atoms with Crippen LogP contribution in [-0.2, 0) is 61.8 Å². The van der Waals surface area contributed by atoms with E-state index in [4.69, 9.17) is 47.4 Å². The summed E-state index contributed by atoms with van der Waals surface area (Å²) in [5.41, 5.74) is 0. The van der Waals surface area contributed by atoms with Gasteiger partial charge in [0.05, 0.1) is 51.8 Å². The van der Waals surface area contributed by atoms with Crippen molar-refractivity contribution in [1.82, 2.24) is 16.0 Å². The molecule has 3 amide bonds. The molecule has 0 aliphatic carbocycles. The van der Waals surface area contributed by atoms with Gasteiger partial charge in [-0.2, -0.15) is 0 Å². The van der Waals surface area contributed by atoms with Crippen LogP contribution in [0.25, 0.3) is 0 Å². The zero-order valence-corrected chi connectivity index (χ0v) is 62.6. The zero-order valence-electron chi connectivity index (χ0n) is 62.6. The Balaban J connectivity index is 1.20. The Morgan fingerprint density at radius 2 is 0.705 bits per heavy atom. The number of hydrogen-bond acceptors (Lipinski definition) is 28. The molecule has 0 saturated carbocycles. The highest BCUT2D eigenvalue weighted by molar-refractivity contribution is 5.76. The lowest BCUT2D eigenvalue weighted by Gasteiger charge is -2.50. The molecule has 5 aliphatic heterocycles. The molecule has 5 heterocycles. The number of aliphatic hydroxyl groups excluding tert-OH is 15. The predicted molar refractivity (Wildman–Crippen MR) is 380 cm³/mol. The maximum absolute atomic E-state index is 13.5. The van der Waals surface area contributed by atoms with Crippen LogP contribution in [0, 0.1) is 0 Å². The molecule has 5 aliphatic rings. The fourth-order valence-corrected chi connectivity index (χ4v) is 14.3. The molecular formula is C74H135N3O28. The monoisotopic (exact) mass is 1510 g/mol. The number of nitrogens with one attached hydrogen (secondary N) is 3. The third-order valence-corrected chi connectivity index (χ3v) is 20.6. The predicted octanol–water partition coefficient (Wildman–Crippen LogP) is 1.31. The van der Waals surface area contributed by atoms with Crippen molar-refractivity contribution in [1.29, 1.82) is 0 Å². The van der Waals surface area contributed by atoms with Gasteiger partial charge in [0.1, 0.15) is 122 Å². The molecule has 614 valence electrons. The van der Waals surface area contributed by atoms with Crippen LogP contribution >= 0.6 is 0 Å². The molecule has 5 rings (SSSR count). The van der Waals surface area contributed by atoms with E-state index in [1.807, 2.05) is 6.08 Å². The summed E-state index contributed by atoms with van der Waals surface area (Å²) in [6, 6.07) is -4.39. The van der Waals surface area contributed by atoms with E-state index < -0.39 is 217 Å². The fraction of sp³-hybridized carbons (Fsp3) is 0.932. The maximum Gasteiger partial charge on any atom is 0.220 e. The smallest absolute Gasteiger partial charge is 0.220 e. The van der Waals surface area contributed by atoms with Gasteiger partial charge >= 0.3 is 0 Å². The highest BCUT2D eigenvalue weighted by atomic mass is 16.8. The van der Waals surface area contributed by atoms with Crippen LogP contribution in [0.3, 0.4) is 0 Å². The summed E-state index contributed by atoms with van der Waals surface area (Å²) >= 11 is 0. The van der Waals surface area contributed by atoms with E-state index in [-0.39, 0.29) is 12.3 Å². The van der Waals surface area contributed by atoms with Gasteiger partial charge in [0, 0.05) is 20.3 Å². The number of unbranched alkanes of at least 4 members (excludes halogenated alkanes) is 29. The van der Waals surface area contributed by atoms with Gasteiger partial charge in [-0.05, 0) is 19.3 Å². The molecule has 5 fully saturated rings. The lowest BCUT2D eigenvalue weighted by atomic mass is 9.94. The molecule has 31 heteroatoms. The van der Waals surface area contributed by atoms with E-state index in [0.29, 0.717) is 12.8 Å². The third-order valence-electron chi connectivity index (χ3n) is 20.6. The first-order chi connectivity index (χ1) is 50.6. The van der Waals surface area contributed by atoms with E-state index in [9.17, 15) is 91.0 Å². The minimum atomic E-state index is -2.16. The second-order valence-electron chi connectivity index (χ2n) is 29.3. The highest BCUT2D eigenvalue weighted by Crippen LogP contribution is 2.37. The van der Waals surface area contributed by atoms with Crippen molar-refractivity contribution in [2.45, 2.75) is 399 Å². The Morgan fingerprint density at radius 3 is 1.10 bits per heavy atom. The van der Waals surface area contributed by atoms with Crippen LogP contribution in [-0.4, -0.2) is 300 Å². The number of rotatable bonds is 53. The lowest BCUT2D eigenvalue weighted by Crippen LogP contribution is -2.70. The topological polar surface area (TPSA) is 483 Å². The van der Waals surface area contributed by atoms with Gasteiger partial charge < -0.3 is 140 Å². The lowest BCUT2D eigenvalue weighted by molar-refractivity contribution is -0.385. The summed E-state index contributed by atoms with van der Waals surface area (Å²) in [7, 11) is 0. The summed E-state index contributed by atoms with van der Waals surface area (Å²) in [5.74, 6) is -1.89. The van der Waals surface area contributed by atoms with Crippen molar-refractivity contribution in [3.05, 3.63) is 12.2 Å². The van der Waals surface area contributed by atoms with Crippen molar-refractivity contribution in [2.75, 3.05) is 39.6 Å². The molecule has 0 spiro atoms. The van der Waals surface area contributed by atoms with Crippen LogP contribution in [0.1, 0.15) is 233 Å². The molecular weight excluding hydrogens is 1380 g/mol. The van der Waals surface area contributed by atoms with Gasteiger partial charge in [-0.3, -0.25) is 14.4 Å². The molecule has 10 unspecified atom stereocenters. The average Bonchev–Trinajstić information content (AvgIpc) is 0.773. The molecule has 27 atom stereocenters. The summed E-state index contributed by atoms with van der Waals surface area (Å²) in [6.45, 7) is 1.40. The molecule has 0 radical (unpaired) electrons. The number of carbonyl (C=O) groups is 3. The Kier molecular flexibility index (Phi) is 45.6. The third kappa shape index (κ3) is 30.6. The number of amides is 3. The number of ether oxygens (including phenoxy) is 10. The van der Waals surface area contributed by atoms with E-state index in [1.54, 1.807) is 6.08 Å². The van der Waals surface area contributed by atoms with Gasteiger partial charge in [-0.15, -0.1) is 0 Å². The Hall–Kier alpha value is -2.85. The minimum Gasteiger partial charge on any atom is -0.394 e. The van der Waals surface area contributed by atoms with Gasteiger partial charge in [0.25, 0.3) is 0 Å². The van der Waals surface area contributed by atoms with Crippen molar-refractivity contribution in [3.63, 3.8) is 0 Å². The minimum absolute atomic E-state index is 0.191. The molecule has 0 aromatic rings. The second-order valence-corrected chi connectivity index (χ2v) is 29.3. The van der Waals surface area contributed by atoms with Gasteiger partial charge in [-0.25, -0.2) is 0 Å². The molecule has 105 heavy (non-hydrogen) atoms. The van der Waals surface area contributed by atoms with Crippen LogP contribution in [0.5, 0.6) is 0 Å². The van der Waals surface area contributed by atoms with Gasteiger partial charge in [0.2, 0.25) is 17.7 Å². The SMILES string of the molecule is CCCCCCCCCCCCC/C=C/[C@@H](O)[C@H](CO[C@@H]1OC(CO)[C@@H](O[C@@H]2OC(CO)[C@H](O)[C@H](O[C@@H]3OC(CO)[C@@H](O[C@@H]4OC(CO)[C@H](O)[C@H](O[C@@H]5OC(CO)[C@@H](O)[C@H](O)C5NC(C)=O)C4O)[C@H](O)C3NC(C)=O)C2O)[C@H](O)C1O)NC(=O)CCCCCCCCCCCCCCCCCCCCC. The summed E-state index contributed by atoms with van der Waals surface area (Å²) in [6.07, 6.45) is -3.73. The van der Waals surface area contributed by atoms with E-state index in [0.717, 1.165) is 65.2 Å². The normalized spacial score (nSPS) is 34.4. The number of hydrogen-bond donors (Lipinski definition) is 18. The second kappa shape index (κ2) is 51.7. The number of aliphatic hydroxyl groups is 15. The summed E-state index contributed by atoms with van der Waals surface area (Å²) < 4.78 is 59.0. The van der Waals surface area contributed by atoms with E-state index in [1.165, 1.54) is 135 Å². The highest BCUT2D eigenvalue weighted by Gasteiger charge is 2.57. The van der Waals surface area contributed by atoms with Crippen molar-refractivity contribution in [2.24, 2.45) is 0 Å². The largest absolute Gasteiger partial charge is 0.394 e. The van der Waals surface area contributed by atoms with Crippen molar-refractivity contribution >= 4 is 17.7 Å². The maximum atomic E-state index is 13.5. The molecule has 31 nitrogen and oxygen atoms in total. The Morgan fingerprint density at radius 1 is 0.371 bits per heavy atom. The van der Waals surface area contributed by atoms with Crippen molar-refractivity contribution < 1.29 is 138 Å². The molecule has 0 aromatic carbocycles. The molecule has 5 saturated heterocycles. The fourth-order valence-electron chi connectivity index (χ4n) is 14.3. The van der Waals surface area contributed by atoms with Gasteiger partial charge in [-0.1, -0.05) is 206 Å². The first-order valence-corrected chi connectivity index (χ1v) is 39.5. The molecule has 18 N–H and O–H groups in total.